The molecule has 5 nitrogen and oxygen atoms in total. The molecule has 5 heteroatoms. The Labute approximate surface area is 105 Å². The van der Waals surface area contributed by atoms with Gasteiger partial charge in [0.2, 0.25) is 0 Å². The number of piperidine rings is 1. The van der Waals surface area contributed by atoms with Crippen molar-refractivity contribution >= 4 is 12.3 Å². The van der Waals surface area contributed by atoms with E-state index in [2.05, 4.69) is 5.32 Å². The zero-order valence-electron chi connectivity index (χ0n) is 9.95. The summed E-state index contributed by atoms with van der Waals surface area (Å²) in [6.07, 6.45) is 1.58. The molecule has 2 atom stereocenters. The number of carboxylic acids is 1. The number of carbonyl (C=O) groups excluding carboxylic acids is 1. The summed E-state index contributed by atoms with van der Waals surface area (Å²) >= 11 is 0. The maximum absolute atomic E-state index is 10.3. The van der Waals surface area contributed by atoms with Crippen LogP contribution in [0.2, 0.25) is 0 Å². The molecule has 0 aliphatic carbocycles. The van der Waals surface area contributed by atoms with Gasteiger partial charge in [0.15, 0.2) is 0 Å². The lowest BCUT2D eigenvalue weighted by atomic mass is 10.0. The minimum atomic E-state index is -0.827. The Kier molecular flexibility index (Phi) is 6.04. The van der Waals surface area contributed by atoms with Crippen LogP contribution in [0.4, 0.5) is 0 Å². The Morgan fingerprint density at radius 2 is 1.94 bits per heavy atom. The van der Waals surface area contributed by atoms with Gasteiger partial charge < -0.3 is 15.5 Å². The summed E-state index contributed by atoms with van der Waals surface area (Å²) in [6, 6.07) is 8.64. The van der Waals surface area contributed by atoms with Crippen molar-refractivity contribution in [1.29, 1.82) is 0 Å². The summed E-state index contributed by atoms with van der Waals surface area (Å²) < 4.78 is 0. The van der Waals surface area contributed by atoms with Gasteiger partial charge in [0.25, 0.3) is 0 Å². The first-order valence-electron chi connectivity index (χ1n) is 5.78. The van der Waals surface area contributed by atoms with Crippen molar-refractivity contribution in [2.45, 2.75) is 25.0 Å². The molecule has 98 valence electrons. The third-order valence-electron chi connectivity index (χ3n) is 2.62. The molecule has 1 aliphatic heterocycles. The molecule has 1 unspecified atom stereocenters. The van der Waals surface area contributed by atoms with E-state index in [-0.39, 0.29) is 6.10 Å². The molecule has 1 aromatic carbocycles. The second-order valence-corrected chi connectivity index (χ2v) is 4.06. The highest BCUT2D eigenvalue weighted by Crippen LogP contribution is 2.07. The van der Waals surface area contributed by atoms with Crippen LogP contribution >= 0.6 is 0 Å². The van der Waals surface area contributed by atoms with Gasteiger partial charge >= 0.3 is 5.97 Å². The zero-order valence-corrected chi connectivity index (χ0v) is 9.95. The van der Waals surface area contributed by atoms with E-state index < -0.39 is 12.0 Å². The van der Waals surface area contributed by atoms with E-state index in [1.807, 2.05) is 18.2 Å². The van der Waals surface area contributed by atoms with Crippen LogP contribution in [-0.4, -0.2) is 41.2 Å². The van der Waals surface area contributed by atoms with E-state index in [9.17, 15) is 9.59 Å². The normalized spacial score (nSPS) is 22.5. The lowest BCUT2D eigenvalue weighted by molar-refractivity contribution is -0.140. The Morgan fingerprint density at radius 3 is 2.33 bits per heavy atom. The standard InChI is InChI=1S/C7H6O.C6H11NO3/c8-6-7-4-2-1-3-5-7;8-4-1-2-5(6(9)10)7-3-4/h1-6H;4-5,7-8H,1-3H2,(H,9,10)/t;4-,5?/m.0/s1. The highest BCUT2D eigenvalue weighted by Gasteiger charge is 2.23. The predicted molar refractivity (Wildman–Crippen MR) is 66.5 cm³/mol. The number of nitrogens with one attached hydrogen (secondary N) is 1. The maximum Gasteiger partial charge on any atom is 0.320 e. The smallest absolute Gasteiger partial charge is 0.320 e. The van der Waals surface area contributed by atoms with Crippen LogP contribution in [0.1, 0.15) is 23.2 Å². The summed E-state index contributed by atoms with van der Waals surface area (Å²) in [6.45, 7) is 0.400. The number of carboxylic acid groups (broad SMARTS) is 1. The quantitative estimate of drug-likeness (QED) is 0.673. The van der Waals surface area contributed by atoms with E-state index in [0.717, 1.165) is 11.8 Å². The Balaban J connectivity index is 0.000000184. The molecule has 0 spiro atoms. The van der Waals surface area contributed by atoms with Gasteiger partial charge in [-0.05, 0) is 12.8 Å². The number of aliphatic hydroxyl groups is 1. The van der Waals surface area contributed by atoms with Crippen LogP contribution in [0.5, 0.6) is 0 Å². The van der Waals surface area contributed by atoms with Crippen LogP contribution < -0.4 is 5.32 Å². The predicted octanol–water partition coefficient (Wildman–Crippen LogP) is 0.683. The first kappa shape index (κ1) is 14.3. The van der Waals surface area contributed by atoms with Crippen LogP contribution in [0.3, 0.4) is 0 Å². The molecule has 0 amide bonds. The first-order chi connectivity index (χ1) is 8.63. The van der Waals surface area contributed by atoms with Crippen molar-refractivity contribution in [2.24, 2.45) is 0 Å². The Hall–Kier alpha value is -1.72. The van der Waals surface area contributed by atoms with E-state index in [0.29, 0.717) is 19.4 Å². The molecule has 2 rings (SSSR count). The SMILES string of the molecule is O=C(O)C1CC[C@H](O)CN1.O=Cc1ccccc1. The fraction of sp³-hybridized carbons (Fsp3) is 0.385. The highest BCUT2D eigenvalue weighted by molar-refractivity contribution is 5.74. The number of rotatable bonds is 2. The minimum absolute atomic E-state index is 0.365. The lowest BCUT2D eigenvalue weighted by Gasteiger charge is -2.23. The van der Waals surface area contributed by atoms with Crippen molar-refractivity contribution in [2.75, 3.05) is 6.54 Å². The topological polar surface area (TPSA) is 86.6 Å². The average Bonchev–Trinajstić information content (AvgIpc) is 2.41. The number of benzene rings is 1. The molecular weight excluding hydrogens is 234 g/mol. The summed E-state index contributed by atoms with van der Waals surface area (Å²) in [5, 5.41) is 20.2. The van der Waals surface area contributed by atoms with E-state index in [1.165, 1.54) is 0 Å². The number of aldehydes is 1. The number of hydrogen-bond acceptors (Lipinski definition) is 4. The fourth-order valence-corrected chi connectivity index (χ4v) is 1.58. The van der Waals surface area contributed by atoms with Crippen molar-refractivity contribution in [3.05, 3.63) is 35.9 Å². The fourth-order valence-electron chi connectivity index (χ4n) is 1.58. The van der Waals surface area contributed by atoms with Crippen LogP contribution in [0.25, 0.3) is 0 Å². The molecule has 1 aliphatic rings. The number of carbonyl (C=O) groups is 2. The molecule has 3 N–H and O–H groups in total. The number of hydrogen-bond donors (Lipinski definition) is 3. The molecular formula is C13H17NO4. The number of aliphatic carboxylic acids is 1. The van der Waals surface area contributed by atoms with Crippen molar-refractivity contribution in [1.82, 2.24) is 5.32 Å². The lowest BCUT2D eigenvalue weighted by Crippen LogP contribution is -2.45. The zero-order chi connectivity index (χ0) is 13.4. The monoisotopic (exact) mass is 251 g/mol. The Bertz CT molecular complexity index is 372. The van der Waals surface area contributed by atoms with Gasteiger partial charge in [0, 0.05) is 12.1 Å². The molecule has 1 saturated heterocycles. The maximum atomic E-state index is 10.3. The van der Waals surface area contributed by atoms with Gasteiger partial charge in [0.05, 0.1) is 6.10 Å². The molecule has 1 heterocycles. The summed E-state index contributed by atoms with van der Waals surface area (Å²) in [5.74, 6) is -0.827. The first-order valence-corrected chi connectivity index (χ1v) is 5.78. The van der Waals surface area contributed by atoms with Gasteiger partial charge in [-0.3, -0.25) is 9.59 Å². The second kappa shape index (κ2) is 7.58. The van der Waals surface area contributed by atoms with Crippen LogP contribution in [-0.2, 0) is 4.79 Å². The average molecular weight is 251 g/mol. The van der Waals surface area contributed by atoms with Gasteiger partial charge in [-0.25, -0.2) is 0 Å². The third-order valence-corrected chi connectivity index (χ3v) is 2.62. The van der Waals surface area contributed by atoms with Crippen molar-refractivity contribution < 1.29 is 19.8 Å². The summed E-state index contributed by atoms with van der Waals surface area (Å²) in [5.41, 5.74) is 0.729. The van der Waals surface area contributed by atoms with E-state index >= 15 is 0 Å². The summed E-state index contributed by atoms with van der Waals surface area (Å²) in [4.78, 5) is 20.3. The molecule has 0 aromatic heterocycles. The molecule has 1 fully saturated rings. The largest absolute Gasteiger partial charge is 0.480 e. The van der Waals surface area contributed by atoms with Gasteiger partial charge in [-0.1, -0.05) is 30.3 Å². The van der Waals surface area contributed by atoms with E-state index in [4.69, 9.17) is 10.2 Å². The highest BCUT2D eigenvalue weighted by atomic mass is 16.4. The van der Waals surface area contributed by atoms with Crippen molar-refractivity contribution in [3.63, 3.8) is 0 Å². The third kappa shape index (κ3) is 5.07. The van der Waals surface area contributed by atoms with E-state index in [1.54, 1.807) is 12.1 Å². The van der Waals surface area contributed by atoms with Gasteiger partial charge in [-0.2, -0.15) is 0 Å². The van der Waals surface area contributed by atoms with Crippen LogP contribution in [0, 0.1) is 0 Å². The van der Waals surface area contributed by atoms with Gasteiger partial charge in [-0.15, -0.1) is 0 Å². The van der Waals surface area contributed by atoms with Crippen molar-refractivity contribution in [3.8, 4) is 0 Å². The Morgan fingerprint density at radius 1 is 1.28 bits per heavy atom. The summed E-state index contributed by atoms with van der Waals surface area (Å²) in [7, 11) is 0. The van der Waals surface area contributed by atoms with Gasteiger partial charge in [0.1, 0.15) is 12.3 Å². The van der Waals surface area contributed by atoms with Crippen LogP contribution in [0.15, 0.2) is 30.3 Å². The molecule has 0 bridgehead atoms. The minimum Gasteiger partial charge on any atom is -0.480 e. The molecule has 18 heavy (non-hydrogen) atoms. The number of aliphatic hydroxyl groups excluding tert-OH is 1. The molecule has 0 saturated carbocycles. The molecule has 0 radical (unpaired) electrons. The molecule has 1 aromatic rings. The second-order valence-electron chi connectivity index (χ2n) is 4.06. The number of β-amino-alcohol motifs (C(OH)–C–C–N with tert-alkyl or cyclic N) is 1.